The molecule has 2 heterocycles. The monoisotopic (exact) mass is 304 g/mol. The predicted molar refractivity (Wildman–Crippen MR) is 85.4 cm³/mol. The minimum atomic E-state index is 0.365. The molecule has 1 aromatic carbocycles. The molecule has 2 unspecified atom stereocenters. The van der Waals surface area contributed by atoms with E-state index in [0.29, 0.717) is 12.1 Å². The van der Waals surface area contributed by atoms with E-state index in [4.69, 9.17) is 11.6 Å². The minimum absolute atomic E-state index is 0.365. The summed E-state index contributed by atoms with van der Waals surface area (Å²) in [6.45, 7) is 4.10. The van der Waals surface area contributed by atoms with Crippen LogP contribution in [0.4, 0.5) is 0 Å². The molecule has 0 fully saturated rings. The zero-order valence-electron chi connectivity index (χ0n) is 12.4. The lowest BCUT2D eigenvalue weighted by Crippen LogP contribution is -2.44. The summed E-state index contributed by atoms with van der Waals surface area (Å²) in [5.74, 6) is 0. The number of halogens is 1. The zero-order chi connectivity index (χ0) is 14.8. The van der Waals surface area contributed by atoms with E-state index < -0.39 is 0 Å². The lowest BCUT2D eigenvalue weighted by Gasteiger charge is -2.31. The Balaban J connectivity index is 1.61. The highest BCUT2D eigenvalue weighted by Gasteiger charge is 2.22. The van der Waals surface area contributed by atoms with Gasteiger partial charge in [0.2, 0.25) is 0 Å². The van der Waals surface area contributed by atoms with Crippen LogP contribution in [-0.4, -0.2) is 34.5 Å². The first-order valence-electron chi connectivity index (χ1n) is 7.33. The molecule has 0 amide bonds. The zero-order valence-corrected chi connectivity index (χ0v) is 13.2. The van der Waals surface area contributed by atoms with Crippen LogP contribution in [0.15, 0.2) is 30.6 Å². The average Bonchev–Trinajstić information content (AvgIpc) is 2.95. The molecule has 4 nitrogen and oxygen atoms in total. The van der Waals surface area contributed by atoms with E-state index in [1.54, 1.807) is 6.33 Å². The van der Waals surface area contributed by atoms with Gasteiger partial charge < -0.3 is 10.3 Å². The third-order valence-electron chi connectivity index (χ3n) is 4.34. The Bertz CT molecular complexity index is 593. The van der Waals surface area contributed by atoms with E-state index in [1.165, 1.54) is 17.0 Å². The van der Waals surface area contributed by atoms with Gasteiger partial charge in [0.15, 0.2) is 0 Å². The summed E-state index contributed by atoms with van der Waals surface area (Å²) in [6, 6.07) is 8.92. The topological polar surface area (TPSA) is 44.0 Å². The molecule has 3 rings (SSSR count). The van der Waals surface area contributed by atoms with E-state index in [1.807, 2.05) is 12.1 Å². The molecule has 0 bridgehead atoms. The van der Waals surface area contributed by atoms with Crippen molar-refractivity contribution in [2.75, 3.05) is 13.6 Å². The number of H-pyrrole nitrogens is 1. The second kappa shape index (κ2) is 6.18. The van der Waals surface area contributed by atoms with Gasteiger partial charge in [-0.15, -0.1) is 0 Å². The summed E-state index contributed by atoms with van der Waals surface area (Å²) in [6.07, 6.45) is 2.77. The van der Waals surface area contributed by atoms with Crippen LogP contribution in [0.5, 0.6) is 0 Å². The van der Waals surface area contributed by atoms with Gasteiger partial charge in [-0.25, -0.2) is 4.98 Å². The van der Waals surface area contributed by atoms with Crippen LogP contribution in [0.25, 0.3) is 0 Å². The first kappa shape index (κ1) is 14.6. The molecule has 0 aliphatic carbocycles. The Morgan fingerprint density at radius 2 is 2.14 bits per heavy atom. The molecule has 1 aromatic heterocycles. The van der Waals surface area contributed by atoms with Gasteiger partial charge in [-0.2, -0.15) is 0 Å². The molecule has 1 aliphatic heterocycles. The standard InChI is InChI=1S/C16H21ClN4/c1-11(12-3-5-13(17)6-4-12)21(2)9-14-7-15-16(8-18-14)20-10-19-15/h3-6,10-11,14,18H,7-9H2,1-2H3,(H,19,20). The molecular formula is C16H21ClN4. The Labute approximate surface area is 130 Å². The second-order valence-corrected chi connectivity index (χ2v) is 6.21. The first-order valence-corrected chi connectivity index (χ1v) is 7.71. The summed E-state index contributed by atoms with van der Waals surface area (Å²) in [7, 11) is 2.17. The van der Waals surface area contributed by atoms with Crippen molar-refractivity contribution in [3.05, 3.63) is 52.6 Å². The van der Waals surface area contributed by atoms with E-state index in [2.05, 4.69) is 46.3 Å². The highest BCUT2D eigenvalue weighted by atomic mass is 35.5. The molecule has 0 saturated carbocycles. The van der Waals surface area contributed by atoms with Crippen LogP contribution in [-0.2, 0) is 13.0 Å². The van der Waals surface area contributed by atoms with Crippen LogP contribution < -0.4 is 5.32 Å². The maximum atomic E-state index is 5.96. The van der Waals surface area contributed by atoms with Gasteiger partial charge in [-0.3, -0.25) is 4.90 Å². The number of rotatable bonds is 4. The van der Waals surface area contributed by atoms with Crippen LogP contribution in [0, 0.1) is 0 Å². The van der Waals surface area contributed by atoms with Crippen LogP contribution in [0.3, 0.4) is 0 Å². The Morgan fingerprint density at radius 3 is 2.90 bits per heavy atom. The third kappa shape index (κ3) is 3.28. The number of nitrogens with one attached hydrogen (secondary N) is 2. The predicted octanol–water partition coefficient (Wildman–Crippen LogP) is 2.77. The van der Waals surface area contributed by atoms with Crippen LogP contribution in [0.2, 0.25) is 5.02 Å². The molecule has 2 atom stereocenters. The van der Waals surface area contributed by atoms with Crippen molar-refractivity contribution < 1.29 is 0 Å². The number of hydrogen-bond donors (Lipinski definition) is 2. The van der Waals surface area contributed by atoms with Gasteiger partial charge in [0.1, 0.15) is 0 Å². The molecule has 2 aromatic rings. The largest absolute Gasteiger partial charge is 0.347 e. The van der Waals surface area contributed by atoms with Gasteiger partial charge >= 0.3 is 0 Å². The quantitative estimate of drug-likeness (QED) is 0.913. The van der Waals surface area contributed by atoms with Crippen molar-refractivity contribution in [2.24, 2.45) is 0 Å². The van der Waals surface area contributed by atoms with Crippen molar-refractivity contribution in [3.63, 3.8) is 0 Å². The maximum Gasteiger partial charge on any atom is 0.0925 e. The van der Waals surface area contributed by atoms with Crippen molar-refractivity contribution in [3.8, 4) is 0 Å². The minimum Gasteiger partial charge on any atom is -0.347 e. The molecule has 0 radical (unpaired) electrons. The fraction of sp³-hybridized carbons (Fsp3) is 0.438. The molecule has 0 spiro atoms. The number of aromatic nitrogens is 2. The third-order valence-corrected chi connectivity index (χ3v) is 4.59. The fourth-order valence-electron chi connectivity index (χ4n) is 2.86. The lowest BCUT2D eigenvalue weighted by atomic mass is 10.0. The van der Waals surface area contributed by atoms with E-state index in [9.17, 15) is 0 Å². The summed E-state index contributed by atoms with van der Waals surface area (Å²) in [5, 5.41) is 4.36. The fourth-order valence-corrected chi connectivity index (χ4v) is 2.99. The number of fused-ring (bicyclic) bond motifs is 1. The number of benzene rings is 1. The summed E-state index contributed by atoms with van der Waals surface area (Å²) >= 11 is 5.96. The molecule has 21 heavy (non-hydrogen) atoms. The number of nitrogens with zero attached hydrogens (tertiary/aromatic N) is 2. The molecule has 0 saturated heterocycles. The first-order chi connectivity index (χ1) is 10.1. The summed E-state index contributed by atoms with van der Waals surface area (Å²) < 4.78 is 0. The molecule has 2 N–H and O–H groups in total. The lowest BCUT2D eigenvalue weighted by molar-refractivity contribution is 0.225. The van der Waals surface area contributed by atoms with Crippen molar-refractivity contribution >= 4 is 11.6 Å². The van der Waals surface area contributed by atoms with E-state index in [-0.39, 0.29) is 0 Å². The number of aromatic amines is 1. The highest BCUT2D eigenvalue weighted by Crippen LogP contribution is 2.22. The average molecular weight is 305 g/mol. The number of imidazole rings is 1. The van der Waals surface area contributed by atoms with Gasteiger partial charge in [0.05, 0.1) is 17.7 Å². The van der Waals surface area contributed by atoms with Crippen molar-refractivity contribution in [1.82, 2.24) is 20.2 Å². The second-order valence-electron chi connectivity index (χ2n) is 5.78. The Hall–Kier alpha value is -1.36. The van der Waals surface area contributed by atoms with E-state index in [0.717, 1.165) is 24.5 Å². The Kier molecular flexibility index (Phi) is 4.29. The van der Waals surface area contributed by atoms with Crippen molar-refractivity contribution in [2.45, 2.75) is 32.0 Å². The Morgan fingerprint density at radius 1 is 1.38 bits per heavy atom. The van der Waals surface area contributed by atoms with E-state index >= 15 is 0 Å². The number of hydrogen-bond acceptors (Lipinski definition) is 3. The van der Waals surface area contributed by atoms with Crippen molar-refractivity contribution in [1.29, 1.82) is 0 Å². The van der Waals surface area contributed by atoms with Gasteiger partial charge in [-0.1, -0.05) is 23.7 Å². The van der Waals surface area contributed by atoms with Crippen LogP contribution in [0.1, 0.15) is 29.9 Å². The van der Waals surface area contributed by atoms with Gasteiger partial charge in [0, 0.05) is 36.6 Å². The normalized spacial score (nSPS) is 19.5. The SMILES string of the molecule is CC(c1ccc(Cl)cc1)N(C)CC1Cc2nc[nH]c2CN1. The summed E-state index contributed by atoms with van der Waals surface area (Å²) in [5.41, 5.74) is 3.71. The highest BCUT2D eigenvalue weighted by molar-refractivity contribution is 6.30. The molecule has 112 valence electrons. The molecule has 1 aliphatic rings. The molecular weight excluding hydrogens is 284 g/mol. The molecule has 5 heteroatoms. The van der Waals surface area contributed by atoms with Crippen LogP contribution >= 0.6 is 11.6 Å². The summed E-state index contributed by atoms with van der Waals surface area (Å²) in [4.78, 5) is 9.96. The van der Waals surface area contributed by atoms with Gasteiger partial charge in [0.25, 0.3) is 0 Å². The number of likely N-dealkylation sites (N-methyl/N-ethyl adjacent to an activating group) is 1. The smallest absolute Gasteiger partial charge is 0.0925 e. The maximum absolute atomic E-state index is 5.96. The van der Waals surface area contributed by atoms with Gasteiger partial charge in [-0.05, 0) is 31.7 Å².